The Morgan fingerprint density at radius 3 is 1.54 bits per heavy atom. The molecule has 0 aromatic rings. The van der Waals surface area contributed by atoms with Crippen molar-refractivity contribution in [3.63, 3.8) is 0 Å². The van der Waals surface area contributed by atoms with Crippen molar-refractivity contribution in [2.24, 2.45) is 17.8 Å². The number of halogens is 2. The van der Waals surface area contributed by atoms with Crippen LogP contribution in [0.3, 0.4) is 0 Å². The van der Waals surface area contributed by atoms with Crippen LogP contribution in [0.15, 0.2) is 0 Å². The maximum absolute atomic E-state index is 6.00. The molecule has 0 aromatic heterocycles. The topological polar surface area (TPSA) is 3.24 Å². The zero-order valence-electron chi connectivity index (χ0n) is 7.68. The van der Waals surface area contributed by atoms with Crippen molar-refractivity contribution in [2.45, 2.75) is 44.1 Å². The van der Waals surface area contributed by atoms with Crippen molar-refractivity contribution in [1.82, 2.24) is 3.94 Å². The SMILES string of the molecule is ClN(Cl)C12CC3CC(CC(C3)C1)C2. The Labute approximate surface area is 89.6 Å². The predicted octanol–water partition coefficient (Wildman–Crippen LogP) is 3.56. The molecule has 0 N–H and O–H groups in total. The minimum absolute atomic E-state index is 0.165. The normalized spacial score (nSPS) is 53.3. The monoisotopic (exact) mass is 219 g/mol. The molecule has 0 aromatic carbocycles. The Kier molecular flexibility index (Phi) is 1.88. The van der Waals surface area contributed by atoms with Crippen LogP contribution in [0.25, 0.3) is 0 Å². The van der Waals surface area contributed by atoms with Gasteiger partial charge < -0.3 is 0 Å². The van der Waals surface area contributed by atoms with E-state index in [2.05, 4.69) is 0 Å². The molecule has 4 saturated carbocycles. The van der Waals surface area contributed by atoms with Gasteiger partial charge in [0.15, 0.2) is 0 Å². The molecule has 0 radical (unpaired) electrons. The largest absolute Gasteiger partial charge is 0.126 e. The highest BCUT2D eigenvalue weighted by atomic mass is 35.5. The molecule has 4 fully saturated rings. The minimum atomic E-state index is 0.165. The molecule has 0 heterocycles. The minimum Gasteiger partial charge on any atom is -0.126 e. The first-order chi connectivity index (χ1) is 6.18. The highest BCUT2D eigenvalue weighted by molar-refractivity contribution is 6.34. The van der Waals surface area contributed by atoms with Crippen LogP contribution in [0.5, 0.6) is 0 Å². The third-order valence-electron chi connectivity index (χ3n) is 4.36. The summed E-state index contributed by atoms with van der Waals surface area (Å²) in [7, 11) is 0. The van der Waals surface area contributed by atoms with Gasteiger partial charge in [-0.1, -0.05) is 0 Å². The molecule has 0 unspecified atom stereocenters. The molecular formula is C10H15Cl2N. The first kappa shape index (κ1) is 8.82. The van der Waals surface area contributed by atoms with Gasteiger partial charge >= 0.3 is 0 Å². The molecule has 4 aliphatic rings. The predicted molar refractivity (Wildman–Crippen MR) is 54.4 cm³/mol. The molecule has 74 valence electrons. The fourth-order valence-corrected chi connectivity index (χ4v) is 4.69. The molecule has 13 heavy (non-hydrogen) atoms. The van der Waals surface area contributed by atoms with E-state index < -0.39 is 0 Å². The number of hydrogen-bond acceptors (Lipinski definition) is 1. The molecule has 4 bridgehead atoms. The lowest BCUT2D eigenvalue weighted by Crippen LogP contribution is -2.54. The number of rotatable bonds is 1. The van der Waals surface area contributed by atoms with Gasteiger partial charge in [-0.25, -0.2) is 0 Å². The lowest BCUT2D eigenvalue weighted by atomic mass is 9.53. The van der Waals surface area contributed by atoms with Crippen molar-refractivity contribution < 1.29 is 0 Å². The van der Waals surface area contributed by atoms with Crippen LogP contribution < -0.4 is 0 Å². The second-order valence-corrected chi connectivity index (χ2v) is 6.22. The van der Waals surface area contributed by atoms with Gasteiger partial charge in [-0.15, -0.1) is 3.94 Å². The first-order valence-corrected chi connectivity index (χ1v) is 5.97. The summed E-state index contributed by atoms with van der Waals surface area (Å²) < 4.78 is 1.48. The van der Waals surface area contributed by atoms with Gasteiger partial charge in [0.2, 0.25) is 0 Å². The lowest BCUT2D eigenvalue weighted by molar-refractivity contribution is -0.0338. The second kappa shape index (κ2) is 2.77. The van der Waals surface area contributed by atoms with Crippen molar-refractivity contribution in [3.8, 4) is 0 Å². The highest BCUT2D eigenvalue weighted by Gasteiger charge is 2.53. The second-order valence-electron chi connectivity index (χ2n) is 5.37. The summed E-state index contributed by atoms with van der Waals surface area (Å²) in [5.74, 6) is 2.77. The zero-order chi connectivity index (χ0) is 9.05. The van der Waals surface area contributed by atoms with E-state index in [-0.39, 0.29) is 5.54 Å². The summed E-state index contributed by atoms with van der Waals surface area (Å²) in [5, 5.41) is 0. The molecular weight excluding hydrogens is 205 g/mol. The van der Waals surface area contributed by atoms with Gasteiger partial charge in [0.05, 0.1) is 5.54 Å². The fourth-order valence-electron chi connectivity index (χ4n) is 4.27. The van der Waals surface area contributed by atoms with Crippen molar-refractivity contribution >= 4 is 23.6 Å². The van der Waals surface area contributed by atoms with Crippen LogP contribution >= 0.6 is 23.6 Å². The van der Waals surface area contributed by atoms with Crippen LogP contribution in [0.1, 0.15) is 38.5 Å². The van der Waals surface area contributed by atoms with Gasteiger partial charge in [0, 0.05) is 0 Å². The van der Waals surface area contributed by atoms with E-state index in [4.69, 9.17) is 23.6 Å². The third kappa shape index (κ3) is 1.24. The molecule has 0 aliphatic heterocycles. The Morgan fingerprint density at radius 2 is 1.23 bits per heavy atom. The quantitative estimate of drug-likeness (QED) is 0.610. The Bertz CT molecular complexity index is 192. The van der Waals surface area contributed by atoms with E-state index in [1.807, 2.05) is 0 Å². The van der Waals surface area contributed by atoms with Crippen LogP contribution in [0.2, 0.25) is 0 Å². The average Bonchev–Trinajstić information content (AvgIpc) is 2.00. The number of nitrogens with zero attached hydrogens (tertiary/aromatic N) is 1. The fraction of sp³-hybridized carbons (Fsp3) is 1.00. The van der Waals surface area contributed by atoms with Gasteiger partial charge in [-0.2, -0.15) is 0 Å². The van der Waals surface area contributed by atoms with Crippen LogP contribution in [0, 0.1) is 17.8 Å². The summed E-state index contributed by atoms with van der Waals surface area (Å²) in [6.07, 6.45) is 8.06. The summed E-state index contributed by atoms with van der Waals surface area (Å²) in [6, 6.07) is 0. The van der Waals surface area contributed by atoms with Crippen molar-refractivity contribution in [3.05, 3.63) is 0 Å². The van der Waals surface area contributed by atoms with E-state index in [9.17, 15) is 0 Å². The Morgan fingerprint density at radius 1 is 0.846 bits per heavy atom. The molecule has 4 aliphatic carbocycles. The van der Waals surface area contributed by atoms with Gasteiger partial charge in [0.1, 0.15) is 0 Å². The molecule has 0 amide bonds. The number of hydrogen-bond donors (Lipinski definition) is 0. The van der Waals surface area contributed by atoms with Gasteiger partial charge in [-0.05, 0) is 79.8 Å². The maximum atomic E-state index is 6.00. The molecule has 1 nitrogen and oxygen atoms in total. The van der Waals surface area contributed by atoms with Crippen molar-refractivity contribution in [2.75, 3.05) is 0 Å². The van der Waals surface area contributed by atoms with E-state index in [0.717, 1.165) is 17.8 Å². The van der Waals surface area contributed by atoms with E-state index in [0.29, 0.717) is 0 Å². The molecule has 0 spiro atoms. The molecule has 4 rings (SSSR count). The van der Waals surface area contributed by atoms with Crippen LogP contribution in [0.4, 0.5) is 0 Å². The Hall–Kier alpha value is 0.540. The average molecular weight is 220 g/mol. The van der Waals surface area contributed by atoms with Crippen LogP contribution in [-0.2, 0) is 0 Å². The summed E-state index contributed by atoms with van der Waals surface area (Å²) in [4.78, 5) is 0. The van der Waals surface area contributed by atoms with Crippen molar-refractivity contribution in [1.29, 1.82) is 0 Å². The van der Waals surface area contributed by atoms with Crippen LogP contribution in [-0.4, -0.2) is 9.48 Å². The van der Waals surface area contributed by atoms with E-state index in [1.54, 1.807) is 0 Å². The zero-order valence-corrected chi connectivity index (χ0v) is 9.19. The molecule has 0 saturated heterocycles. The summed E-state index contributed by atoms with van der Waals surface area (Å²) >= 11 is 12.0. The standard InChI is InChI=1S/C10H15Cl2N/c11-13(12)10-4-7-1-8(5-10)3-9(2-7)6-10/h7-9H,1-6H2. The lowest BCUT2D eigenvalue weighted by Gasteiger charge is -2.57. The van der Waals surface area contributed by atoms with E-state index >= 15 is 0 Å². The third-order valence-corrected chi connectivity index (χ3v) is 5.08. The highest BCUT2D eigenvalue weighted by Crippen LogP contribution is 2.58. The molecule has 3 heteroatoms. The summed E-state index contributed by atoms with van der Waals surface area (Å²) in [5.41, 5.74) is 0.165. The van der Waals surface area contributed by atoms with Gasteiger partial charge in [0.25, 0.3) is 0 Å². The summed E-state index contributed by atoms with van der Waals surface area (Å²) in [6.45, 7) is 0. The molecule has 0 atom stereocenters. The van der Waals surface area contributed by atoms with E-state index in [1.165, 1.54) is 42.5 Å². The maximum Gasteiger partial charge on any atom is 0.0534 e. The van der Waals surface area contributed by atoms with Gasteiger partial charge in [-0.3, -0.25) is 0 Å². The first-order valence-electron chi connectivity index (χ1n) is 5.30. The Balaban J connectivity index is 1.91. The smallest absolute Gasteiger partial charge is 0.0534 e.